The van der Waals surface area contributed by atoms with Gasteiger partial charge in [0.1, 0.15) is 0 Å². The van der Waals surface area contributed by atoms with E-state index >= 15 is 0 Å². The van der Waals surface area contributed by atoms with Crippen molar-refractivity contribution in [3.63, 3.8) is 0 Å². The van der Waals surface area contributed by atoms with Gasteiger partial charge in [-0.3, -0.25) is 4.79 Å². The molecular formula is C15H31ClN2O2. The molecule has 0 aliphatic carbocycles. The van der Waals surface area contributed by atoms with Crippen LogP contribution in [0.25, 0.3) is 0 Å². The fourth-order valence-electron chi connectivity index (χ4n) is 2.70. The predicted octanol–water partition coefficient (Wildman–Crippen LogP) is 2.49. The highest BCUT2D eigenvalue weighted by Gasteiger charge is 2.35. The number of rotatable bonds is 5. The molecule has 20 heavy (non-hydrogen) atoms. The van der Waals surface area contributed by atoms with E-state index < -0.39 is 0 Å². The van der Waals surface area contributed by atoms with Crippen molar-refractivity contribution in [2.24, 2.45) is 17.1 Å². The number of amides is 1. The smallest absolute Gasteiger partial charge is 0.220 e. The first-order chi connectivity index (χ1) is 8.80. The molecule has 0 aromatic carbocycles. The van der Waals surface area contributed by atoms with Gasteiger partial charge in [0.05, 0.1) is 6.10 Å². The Bertz CT molecular complexity index is 290. The van der Waals surface area contributed by atoms with Crippen LogP contribution in [0.2, 0.25) is 0 Å². The molecule has 0 saturated carbocycles. The fraction of sp³-hybridized carbons (Fsp3) is 0.933. The number of hydrogen-bond donors (Lipinski definition) is 2. The van der Waals surface area contributed by atoms with Gasteiger partial charge in [-0.25, -0.2) is 0 Å². The summed E-state index contributed by atoms with van der Waals surface area (Å²) in [5, 5.41) is 3.04. The van der Waals surface area contributed by atoms with Gasteiger partial charge in [-0.05, 0) is 31.6 Å². The highest BCUT2D eigenvalue weighted by atomic mass is 35.5. The molecule has 0 aromatic heterocycles. The molecule has 3 unspecified atom stereocenters. The minimum Gasteiger partial charge on any atom is -0.377 e. The largest absolute Gasteiger partial charge is 0.377 e. The molecule has 1 aliphatic rings. The topological polar surface area (TPSA) is 64.4 Å². The Morgan fingerprint density at radius 2 is 2.10 bits per heavy atom. The Balaban J connectivity index is 0.00000361. The number of ether oxygens (including phenoxy) is 1. The predicted molar refractivity (Wildman–Crippen MR) is 85.1 cm³/mol. The molecule has 5 heteroatoms. The molecule has 1 fully saturated rings. The Kier molecular flexibility index (Phi) is 8.71. The zero-order chi connectivity index (χ0) is 14.5. The quantitative estimate of drug-likeness (QED) is 0.820. The van der Waals surface area contributed by atoms with E-state index in [1.807, 2.05) is 6.92 Å². The minimum atomic E-state index is 0. The van der Waals surface area contributed by atoms with Crippen LogP contribution in [-0.2, 0) is 9.53 Å². The molecular weight excluding hydrogens is 276 g/mol. The Morgan fingerprint density at radius 3 is 2.65 bits per heavy atom. The lowest BCUT2D eigenvalue weighted by Crippen LogP contribution is -2.45. The monoisotopic (exact) mass is 306 g/mol. The average Bonchev–Trinajstić information content (AvgIpc) is 2.33. The van der Waals surface area contributed by atoms with Gasteiger partial charge < -0.3 is 15.8 Å². The number of halogens is 1. The molecule has 0 aromatic rings. The van der Waals surface area contributed by atoms with Crippen LogP contribution >= 0.6 is 12.4 Å². The van der Waals surface area contributed by atoms with Crippen molar-refractivity contribution in [2.75, 3.05) is 13.2 Å². The zero-order valence-electron chi connectivity index (χ0n) is 13.3. The second-order valence-electron chi connectivity index (χ2n) is 6.88. The summed E-state index contributed by atoms with van der Waals surface area (Å²) in [6.45, 7) is 10.1. The fourth-order valence-corrected chi connectivity index (χ4v) is 2.70. The third kappa shape index (κ3) is 6.91. The molecule has 0 spiro atoms. The maximum Gasteiger partial charge on any atom is 0.220 e. The molecule has 4 nitrogen and oxygen atoms in total. The Morgan fingerprint density at radius 1 is 1.45 bits per heavy atom. The number of nitrogens with one attached hydrogen (secondary N) is 1. The lowest BCUT2D eigenvalue weighted by atomic mass is 9.78. The van der Waals surface area contributed by atoms with Crippen molar-refractivity contribution >= 4 is 18.3 Å². The van der Waals surface area contributed by atoms with Gasteiger partial charge in [-0.2, -0.15) is 0 Å². The first kappa shape index (κ1) is 19.7. The molecule has 3 atom stereocenters. The van der Waals surface area contributed by atoms with Crippen LogP contribution in [0, 0.1) is 11.3 Å². The molecule has 1 rings (SSSR count). The summed E-state index contributed by atoms with van der Waals surface area (Å²) in [6, 6.07) is 0.0890. The third-order valence-electron chi connectivity index (χ3n) is 3.69. The standard InChI is InChI=1S/C15H30N2O2.ClH/c1-11(16)7-8-13(18)17-10-12-6-5-9-19-14(12)15(2,3)4;/h11-12,14H,5-10,16H2,1-4H3,(H,17,18);1H. The second-order valence-corrected chi connectivity index (χ2v) is 6.88. The van der Waals surface area contributed by atoms with Gasteiger partial charge in [-0.15, -0.1) is 12.4 Å². The van der Waals surface area contributed by atoms with E-state index in [4.69, 9.17) is 10.5 Å². The first-order valence-corrected chi connectivity index (χ1v) is 7.44. The van der Waals surface area contributed by atoms with Crippen LogP contribution in [0.3, 0.4) is 0 Å². The second kappa shape index (κ2) is 8.85. The van der Waals surface area contributed by atoms with Gasteiger partial charge in [0.25, 0.3) is 0 Å². The molecule has 1 amide bonds. The Hall–Kier alpha value is -0.320. The number of nitrogens with two attached hydrogens (primary N) is 1. The Labute approximate surface area is 129 Å². The van der Waals surface area contributed by atoms with Crippen molar-refractivity contribution in [3.8, 4) is 0 Å². The lowest BCUT2D eigenvalue weighted by molar-refractivity contribution is -0.123. The summed E-state index contributed by atoms with van der Waals surface area (Å²) in [6.07, 6.45) is 3.72. The van der Waals surface area contributed by atoms with Crippen molar-refractivity contribution in [1.29, 1.82) is 0 Å². The van der Waals surface area contributed by atoms with Gasteiger partial charge in [0, 0.05) is 31.5 Å². The molecule has 1 saturated heterocycles. The normalized spacial score (nSPS) is 24.6. The van der Waals surface area contributed by atoms with E-state index in [1.165, 1.54) is 0 Å². The number of carbonyl (C=O) groups is 1. The SMILES string of the molecule is CC(N)CCC(=O)NCC1CCCOC1C(C)(C)C.Cl. The summed E-state index contributed by atoms with van der Waals surface area (Å²) < 4.78 is 5.91. The molecule has 0 radical (unpaired) electrons. The molecule has 1 heterocycles. The van der Waals surface area contributed by atoms with E-state index in [0.717, 1.165) is 32.4 Å². The molecule has 0 bridgehead atoms. The maximum absolute atomic E-state index is 11.7. The summed E-state index contributed by atoms with van der Waals surface area (Å²) in [7, 11) is 0. The van der Waals surface area contributed by atoms with Crippen molar-refractivity contribution in [1.82, 2.24) is 5.32 Å². The highest BCUT2D eigenvalue weighted by Crippen LogP contribution is 2.33. The van der Waals surface area contributed by atoms with Crippen LogP contribution in [0.5, 0.6) is 0 Å². The van der Waals surface area contributed by atoms with Gasteiger partial charge in [-0.1, -0.05) is 20.8 Å². The zero-order valence-corrected chi connectivity index (χ0v) is 14.1. The number of carbonyl (C=O) groups excluding carboxylic acids is 1. The maximum atomic E-state index is 11.7. The van der Waals surface area contributed by atoms with Crippen LogP contribution in [0.1, 0.15) is 53.4 Å². The number of hydrogen-bond acceptors (Lipinski definition) is 3. The van der Waals surface area contributed by atoms with Gasteiger partial charge >= 0.3 is 0 Å². The van der Waals surface area contributed by atoms with Crippen molar-refractivity contribution in [3.05, 3.63) is 0 Å². The van der Waals surface area contributed by atoms with Crippen LogP contribution in [0.4, 0.5) is 0 Å². The van der Waals surface area contributed by atoms with E-state index in [0.29, 0.717) is 12.3 Å². The van der Waals surface area contributed by atoms with Gasteiger partial charge in [0.15, 0.2) is 0 Å². The van der Waals surface area contributed by atoms with Crippen molar-refractivity contribution < 1.29 is 9.53 Å². The summed E-state index contributed by atoms with van der Waals surface area (Å²) in [5.41, 5.74) is 5.79. The summed E-state index contributed by atoms with van der Waals surface area (Å²) in [4.78, 5) is 11.7. The van der Waals surface area contributed by atoms with Crippen LogP contribution < -0.4 is 11.1 Å². The lowest BCUT2D eigenvalue weighted by Gasteiger charge is -2.40. The van der Waals surface area contributed by atoms with Crippen LogP contribution in [0.15, 0.2) is 0 Å². The molecule has 3 N–H and O–H groups in total. The summed E-state index contributed by atoms with van der Waals surface area (Å²) in [5.74, 6) is 0.531. The van der Waals surface area contributed by atoms with E-state index in [2.05, 4.69) is 26.1 Å². The van der Waals surface area contributed by atoms with E-state index in [1.54, 1.807) is 0 Å². The molecule has 1 aliphatic heterocycles. The van der Waals surface area contributed by atoms with E-state index in [-0.39, 0.29) is 35.9 Å². The molecule has 120 valence electrons. The average molecular weight is 307 g/mol. The minimum absolute atomic E-state index is 0. The van der Waals surface area contributed by atoms with Gasteiger partial charge in [0.2, 0.25) is 5.91 Å². The van der Waals surface area contributed by atoms with E-state index in [9.17, 15) is 4.79 Å². The summed E-state index contributed by atoms with van der Waals surface area (Å²) >= 11 is 0. The van der Waals surface area contributed by atoms with Crippen molar-refractivity contribution in [2.45, 2.75) is 65.5 Å². The first-order valence-electron chi connectivity index (χ1n) is 7.44. The highest BCUT2D eigenvalue weighted by molar-refractivity contribution is 5.85. The third-order valence-corrected chi connectivity index (χ3v) is 3.69. The van der Waals surface area contributed by atoms with Crippen LogP contribution in [-0.4, -0.2) is 31.2 Å².